The zero-order valence-electron chi connectivity index (χ0n) is 14.9. The van der Waals surface area contributed by atoms with Crippen molar-refractivity contribution in [3.05, 3.63) is 56.7 Å². The minimum Gasteiger partial charge on any atom is -0.492 e. The molecule has 0 unspecified atom stereocenters. The standard InChI is InChI=1S/C18H19Cl2N3O5/c19-13-4-6-16(15(20)11-13)27-9-1-3-18(24)28-10-2-8-21-17-7-5-14(12-22-17)23(25)26/h4-7,11-12H,1-3,8-10H2,(H,21,22). The van der Waals surface area contributed by atoms with Crippen LogP contribution in [0.1, 0.15) is 19.3 Å². The van der Waals surface area contributed by atoms with E-state index in [4.69, 9.17) is 32.7 Å². The van der Waals surface area contributed by atoms with Crippen molar-refractivity contribution >= 4 is 40.7 Å². The van der Waals surface area contributed by atoms with E-state index in [1.807, 2.05) is 0 Å². The summed E-state index contributed by atoms with van der Waals surface area (Å²) in [5.41, 5.74) is -0.0678. The van der Waals surface area contributed by atoms with Crippen LogP contribution in [0.2, 0.25) is 10.0 Å². The van der Waals surface area contributed by atoms with E-state index in [-0.39, 0.29) is 24.7 Å². The Morgan fingerprint density at radius 2 is 2.00 bits per heavy atom. The second kappa shape index (κ2) is 11.3. The second-order valence-electron chi connectivity index (χ2n) is 5.69. The van der Waals surface area contributed by atoms with Crippen LogP contribution < -0.4 is 10.1 Å². The molecule has 2 rings (SSSR count). The number of esters is 1. The van der Waals surface area contributed by atoms with Gasteiger partial charge in [0.15, 0.2) is 0 Å². The molecule has 1 aromatic carbocycles. The summed E-state index contributed by atoms with van der Waals surface area (Å²) >= 11 is 11.8. The summed E-state index contributed by atoms with van der Waals surface area (Å²) in [6, 6.07) is 7.84. The quantitative estimate of drug-likeness (QED) is 0.243. The van der Waals surface area contributed by atoms with Gasteiger partial charge in [0.1, 0.15) is 17.8 Å². The number of aromatic nitrogens is 1. The highest BCUT2D eigenvalue weighted by molar-refractivity contribution is 6.35. The highest BCUT2D eigenvalue weighted by atomic mass is 35.5. The average molecular weight is 428 g/mol. The van der Waals surface area contributed by atoms with Crippen molar-refractivity contribution in [2.24, 2.45) is 0 Å². The molecular formula is C18H19Cl2N3O5. The molecule has 0 aliphatic rings. The van der Waals surface area contributed by atoms with Gasteiger partial charge in [-0.1, -0.05) is 23.2 Å². The molecule has 8 nitrogen and oxygen atoms in total. The van der Waals surface area contributed by atoms with Gasteiger partial charge in [-0.25, -0.2) is 4.98 Å². The van der Waals surface area contributed by atoms with Crippen molar-refractivity contribution in [1.29, 1.82) is 0 Å². The van der Waals surface area contributed by atoms with Gasteiger partial charge in [-0.2, -0.15) is 0 Å². The fourth-order valence-electron chi connectivity index (χ4n) is 2.14. The van der Waals surface area contributed by atoms with E-state index in [2.05, 4.69) is 10.3 Å². The molecule has 1 heterocycles. The average Bonchev–Trinajstić information content (AvgIpc) is 2.66. The molecule has 0 atom stereocenters. The van der Waals surface area contributed by atoms with Gasteiger partial charge >= 0.3 is 5.97 Å². The van der Waals surface area contributed by atoms with Crippen LogP contribution in [0.4, 0.5) is 11.5 Å². The van der Waals surface area contributed by atoms with E-state index in [1.54, 1.807) is 18.2 Å². The van der Waals surface area contributed by atoms with Crippen molar-refractivity contribution in [1.82, 2.24) is 4.98 Å². The van der Waals surface area contributed by atoms with E-state index in [0.717, 1.165) is 0 Å². The number of hydrogen-bond acceptors (Lipinski definition) is 7. The minimum atomic E-state index is -0.509. The lowest BCUT2D eigenvalue weighted by Crippen LogP contribution is -2.11. The van der Waals surface area contributed by atoms with Crippen LogP contribution in [-0.4, -0.2) is 35.6 Å². The van der Waals surface area contributed by atoms with E-state index >= 15 is 0 Å². The van der Waals surface area contributed by atoms with Crippen molar-refractivity contribution < 1.29 is 19.2 Å². The molecule has 0 saturated carbocycles. The number of carbonyl (C=O) groups is 1. The first-order chi connectivity index (χ1) is 13.5. The van der Waals surface area contributed by atoms with E-state index < -0.39 is 4.92 Å². The number of hydrogen-bond donors (Lipinski definition) is 1. The number of halogens is 2. The Balaban J connectivity index is 1.53. The number of nitrogens with one attached hydrogen (secondary N) is 1. The molecule has 0 radical (unpaired) electrons. The predicted molar refractivity (Wildman–Crippen MR) is 106 cm³/mol. The lowest BCUT2D eigenvalue weighted by atomic mass is 10.3. The molecule has 0 fully saturated rings. The maximum absolute atomic E-state index is 11.7. The summed E-state index contributed by atoms with van der Waals surface area (Å²) in [4.78, 5) is 25.6. The number of anilines is 1. The zero-order chi connectivity index (χ0) is 20.4. The lowest BCUT2D eigenvalue weighted by Gasteiger charge is -2.09. The fraction of sp³-hybridized carbons (Fsp3) is 0.333. The van der Waals surface area contributed by atoms with Crippen LogP contribution in [0.3, 0.4) is 0 Å². The number of ether oxygens (including phenoxy) is 2. The van der Waals surface area contributed by atoms with Crippen molar-refractivity contribution in [3.63, 3.8) is 0 Å². The SMILES string of the molecule is O=C(CCCOc1ccc(Cl)cc1Cl)OCCCNc1ccc([N+](=O)[O-])cn1. The summed E-state index contributed by atoms with van der Waals surface area (Å²) in [6.07, 6.45) is 2.51. The first-order valence-corrected chi connectivity index (χ1v) is 9.29. The maximum atomic E-state index is 11.7. The molecule has 0 spiro atoms. The summed E-state index contributed by atoms with van der Waals surface area (Å²) in [5.74, 6) is 0.736. The third kappa shape index (κ3) is 7.58. The van der Waals surface area contributed by atoms with Gasteiger partial charge in [0, 0.05) is 24.1 Å². The van der Waals surface area contributed by atoms with Gasteiger partial charge in [-0.05, 0) is 37.1 Å². The Bertz CT molecular complexity index is 802. The Morgan fingerprint density at radius 3 is 2.68 bits per heavy atom. The Kier molecular flexibility index (Phi) is 8.77. The highest BCUT2D eigenvalue weighted by Crippen LogP contribution is 2.27. The monoisotopic (exact) mass is 427 g/mol. The van der Waals surface area contributed by atoms with E-state index in [9.17, 15) is 14.9 Å². The first kappa shape index (κ1) is 21.7. The minimum absolute atomic E-state index is 0.0678. The summed E-state index contributed by atoms with van der Waals surface area (Å²) in [7, 11) is 0. The summed E-state index contributed by atoms with van der Waals surface area (Å²) in [5, 5.41) is 14.5. The van der Waals surface area contributed by atoms with Crippen molar-refractivity contribution in [2.45, 2.75) is 19.3 Å². The highest BCUT2D eigenvalue weighted by Gasteiger charge is 2.06. The lowest BCUT2D eigenvalue weighted by molar-refractivity contribution is -0.385. The normalized spacial score (nSPS) is 10.4. The molecule has 0 amide bonds. The largest absolute Gasteiger partial charge is 0.492 e. The van der Waals surface area contributed by atoms with Crippen LogP contribution in [0.15, 0.2) is 36.5 Å². The molecule has 2 aromatic rings. The molecule has 150 valence electrons. The Morgan fingerprint density at radius 1 is 1.18 bits per heavy atom. The summed E-state index contributed by atoms with van der Waals surface area (Å²) < 4.78 is 10.6. The molecule has 10 heteroatoms. The molecule has 28 heavy (non-hydrogen) atoms. The number of nitro groups is 1. The van der Waals surface area contributed by atoms with Gasteiger partial charge in [-0.3, -0.25) is 14.9 Å². The van der Waals surface area contributed by atoms with E-state index in [1.165, 1.54) is 18.3 Å². The molecule has 1 aromatic heterocycles. The van der Waals surface area contributed by atoms with Gasteiger partial charge in [0.25, 0.3) is 5.69 Å². The van der Waals surface area contributed by atoms with Crippen LogP contribution in [0, 0.1) is 10.1 Å². The second-order valence-corrected chi connectivity index (χ2v) is 6.53. The molecule has 0 saturated heterocycles. The first-order valence-electron chi connectivity index (χ1n) is 8.53. The molecule has 0 aliphatic carbocycles. The number of rotatable bonds is 11. The number of nitrogens with zero attached hydrogens (tertiary/aromatic N) is 2. The van der Waals surface area contributed by atoms with Crippen molar-refractivity contribution in [3.8, 4) is 5.75 Å². The fourth-order valence-corrected chi connectivity index (χ4v) is 2.60. The smallest absolute Gasteiger partial charge is 0.305 e. The van der Waals surface area contributed by atoms with Crippen LogP contribution >= 0.6 is 23.2 Å². The molecular weight excluding hydrogens is 409 g/mol. The number of pyridine rings is 1. The Labute approximate surface area is 171 Å². The Hall–Kier alpha value is -2.58. The number of carbonyl (C=O) groups excluding carboxylic acids is 1. The van der Waals surface area contributed by atoms with Crippen LogP contribution in [-0.2, 0) is 9.53 Å². The summed E-state index contributed by atoms with van der Waals surface area (Å²) in [6.45, 7) is 1.13. The molecule has 0 bridgehead atoms. The van der Waals surface area contributed by atoms with Gasteiger partial charge in [0.2, 0.25) is 0 Å². The third-order valence-corrected chi connectivity index (χ3v) is 4.06. The number of benzene rings is 1. The van der Waals surface area contributed by atoms with Gasteiger partial charge in [0.05, 0.1) is 23.2 Å². The van der Waals surface area contributed by atoms with E-state index in [0.29, 0.717) is 47.6 Å². The van der Waals surface area contributed by atoms with Gasteiger partial charge in [-0.15, -0.1) is 0 Å². The van der Waals surface area contributed by atoms with Crippen molar-refractivity contribution in [2.75, 3.05) is 25.1 Å². The topological polar surface area (TPSA) is 104 Å². The zero-order valence-corrected chi connectivity index (χ0v) is 16.4. The van der Waals surface area contributed by atoms with Gasteiger partial charge < -0.3 is 14.8 Å². The maximum Gasteiger partial charge on any atom is 0.305 e. The van der Waals surface area contributed by atoms with Crippen LogP contribution in [0.25, 0.3) is 0 Å². The predicted octanol–water partition coefficient (Wildman–Crippen LogP) is 4.50. The third-order valence-electron chi connectivity index (χ3n) is 3.53. The molecule has 0 aliphatic heterocycles. The molecule has 1 N–H and O–H groups in total. The van der Waals surface area contributed by atoms with Crippen LogP contribution in [0.5, 0.6) is 5.75 Å².